The number of nitrogen functional groups attached to an aromatic ring is 1. The van der Waals surface area contributed by atoms with E-state index in [2.05, 4.69) is 20.8 Å². The van der Waals surface area contributed by atoms with E-state index in [0.717, 1.165) is 0 Å². The molecule has 0 saturated carbocycles. The van der Waals surface area contributed by atoms with Gasteiger partial charge in [-0.15, -0.1) is 0 Å². The smallest absolute Gasteiger partial charge is 0.317 e. The van der Waals surface area contributed by atoms with Crippen LogP contribution in [0, 0.1) is 5.92 Å². The Hall–Kier alpha value is -1.79. The standard InChI is InChI=1S/C9H17N5O2/c1-5(2)4-11-7(15)6(3)12-9-14-13-8(10)16-9/h5-6H,4H2,1-3H3,(H2,10,13)(H,11,15)(H,12,14). The normalized spacial score (nSPS) is 12.5. The molecule has 0 fully saturated rings. The summed E-state index contributed by atoms with van der Waals surface area (Å²) in [6.07, 6.45) is 0. The average molecular weight is 227 g/mol. The van der Waals surface area contributed by atoms with E-state index in [1.165, 1.54) is 0 Å². The zero-order valence-electron chi connectivity index (χ0n) is 9.65. The fourth-order valence-electron chi connectivity index (χ4n) is 1.00. The Morgan fingerprint density at radius 3 is 2.62 bits per heavy atom. The van der Waals surface area contributed by atoms with Crippen LogP contribution < -0.4 is 16.4 Å². The highest BCUT2D eigenvalue weighted by molar-refractivity contribution is 5.83. The fraction of sp³-hybridized carbons (Fsp3) is 0.667. The van der Waals surface area contributed by atoms with Crippen LogP contribution in [-0.4, -0.2) is 28.7 Å². The van der Waals surface area contributed by atoms with Gasteiger partial charge in [0.05, 0.1) is 0 Å². The van der Waals surface area contributed by atoms with E-state index < -0.39 is 6.04 Å². The molecule has 0 aliphatic heterocycles. The lowest BCUT2D eigenvalue weighted by Gasteiger charge is -2.13. The summed E-state index contributed by atoms with van der Waals surface area (Å²) in [5.41, 5.74) is 5.25. The molecule has 1 aromatic rings. The summed E-state index contributed by atoms with van der Waals surface area (Å²) in [4.78, 5) is 11.6. The maximum absolute atomic E-state index is 11.6. The molecule has 0 bridgehead atoms. The predicted octanol–water partition coefficient (Wildman–Crippen LogP) is 0.224. The van der Waals surface area contributed by atoms with Crippen LogP contribution in [0.15, 0.2) is 4.42 Å². The predicted molar refractivity (Wildman–Crippen MR) is 59.6 cm³/mol. The van der Waals surface area contributed by atoms with Gasteiger partial charge in [-0.1, -0.05) is 24.0 Å². The minimum atomic E-state index is -0.446. The number of aromatic nitrogens is 2. The van der Waals surface area contributed by atoms with Crippen LogP contribution in [0.5, 0.6) is 0 Å². The molecule has 0 aliphatic carbocycles. The number of nitrogens with zero attached hydrogens (tertiary/aromatic N) is 2. The molecule has 7 nitrogen and oxygen atoms in total. The lowest BCUT2D eigenvalue weighted by molar-refractivity contribution is -0.121. The summed E-state index contributed by atoms with van der Waals surface area (Å²) in [7, 11) is 0. The second-order valence-corrected chi connectivity index (χ2v) is 3.95. The van der Waals surface area contributed by atoms with E-state index in [0.29, 0.717) is 12.5 Å². The molecule has 1 rings (SSSR count). The number of carbonyl (C=O) groups excluding carboxylic acids is 1. The van der Waals surface area contributed by atoms with Crippen molar-refractivity contribution < 1.29 is 9.21 Å². The van der Waals surface area contributed by atoms with Crippen molar-refractivity contribution >= 4 is 17.9 Å². The molecule has 16 heavy (non-hydrogen) atoms. The van der Waals surface area contributed by atoms with E-state index in [1.807, 2.05) is 13.8 Å². The number of nitrogens with two attached hydrogens (primary N) is 1. The molecule has 1 unspecified atom stereocenters. The molecule has 0 aromatic carbocycles. The van der Waals surface area contributed by atoms with Crippen molar-refractivity contribution in [2.24, 2.45) is 5.92 Å². The summed E-state index contributed by atoms with van der Waals surface area (Å²) >= 11 is 0. The van der Waals surface area contributed by atoms with Gasteiger partial charge in [0.1, 0.15) is 6.04 Å². The van der Waals surface area contributed by atoms with Gasteiger partial charge in [-0.2, -0.15) is 0 Å². The van der Waals surface area contributed by atoms with Gasteiger partial charge >= 0.3 is 12.0 Å². The minimum Gasteiger partial charge on any atom is -0.390 e. The summed E-state index contributed by atoms with van der Waals surface area (Å²) < 4.78 is 4.89. The first-order valence-electron chi connectivity index (χ1n) is 5.12. The number of hydrogen-bond donors (Lipinski definition) is 3. The van der Waals surface area contributed by atoms with E-state index in [-0.39, 0.29) is 17.9 Å². The molecule has 1 heterocycles. The van der Waals surface area contributed by atoms with Crippen LogP contribution in [0.3, 0.4) is 0 Å². The molecule has 0 saturated heterocycles. The Morgan fingerprint density at radius 2 is 2.12 bits per heavy atom. The van der Waals surface area contributed by atoms with E-state index >= 15 is 0 Å². The maximum Gasteiger partial charge on any atom is 0.317 e. The molecule has 7 heteroatoms. The fourth-order valence-corrected chi connectivity index (χ4v) is 1.00. The second kappa shape index (κ2) is 5.34. The minimum absolute atomic E-state index is 0.0303. The molecule has 90 valence electrons. The van der Waals surface area contributed by atoms with Gasteiger partial charge < -0.3 is 20.8 Å². The second-order valence-electron chi connectivity index (χ2n) is 3.95. The maximum atomic E-state index is 11.6. The van der Waals surface area contributed by atoms with Crippen molar-refractivity contribution in [3.8, 4) is 0 Å². The third-order valence-corrected chi connectivity index (χ3v) is 1.86. The monoisotopic (exact) mass is 227 g/mol. The third kappa shape index (κ3) is 3.76. The van der Waals surface area contributed by atoms with Crippen molar-refractivity contribution in [3.63, 3.8) is 0 Å². The first kappa shape index (κ1) is 12.3. The molecule has 0 spiro atoms. The Labute approximate surface area is 93.8 Å². The van der Waals surface area contributed by atoms with Crippen molar-refractivity contribution in [3.05, 3.63) is 0 Å². The number of rotatable bonds is 5. The molecule has 1 amide bonds. The molecule has 0 radical (unpaired) electrons. The summed E-state index contributed by atoms with van der Waals surface area (Å²) in [6, 6.07) is -0.333. The van der Waals surface area contributed by atoms with Crippen molar-refractivity contribution in [2.75, 3.05) is 17.6 Å². The SMILES string of the molecule is CC(C)CNC(=O)C(C)Nc1nnc(N)o1. The molecular formula is C9H17N5O2. The molecule has 1 atom stereocenters. The number of anilines is 2. The Kier molecular flexibility index (Phi) is 4.10. The molecular weight excluding hydrogens is 210 g/mol. The quantitative estimate of drug-likeness (QED) is 0.664. The summed E-state index contributed by atoms with van der Waals surface area (Å²) in [5, 5.41) is 12.6. The zero-order chi connectivity index (χ0) is 12.1. The average Bonchev–Trinajstić information content (AvgIpc) is 2.60. The number of carbonyl (C=O) groups is 1. The van der Waals surface area contributed by atoms with Crippen LogP contribution >= 0.6 is 0 Å². The van der Waals surface area contributed by atoms with Crippen LogP contribution in [0.25, 0.3) is 0 Å². The van der Waals surface area contributed by atoms with E-state index in [1.54, 1.807) is 6.92 Å². The molecule has 1 aromatic heterocycles. The zero-order valence-corrected chi connectivity index (χ0v) is 9.65. The van der Waals surface area contributed by atoms with Crippen molar-refractivity contribution in [1.29, 1.82) is 0 Å². The number of nitrogens with one attached hydrogen (secondary N) is 2. The topological polar surface area (TPSA) is 106 Å². The lowest BCUT2D eigenvalue weighted by atomic mass is 10.2. The largest absolute Gasteiger partial charge is 0.390 e. The van der Waals surface area contributed by atoms with Gasteiger partial charge in [-0.05, 0) is 12.8 Å². The highest BCUT2D eigenvalue weighted by Gasteiger charge is 2.15. The lowest BCUT2D eigenvalue weighted by Crippen LogP contribution is -2.39. The first-order chi connectivity index (χ1) is 7.49. The van der Waals surface area contributed by atoms with Crippen molar-refractivity contribution in [2.45, 2.75) is 26.8 Å². The van der Waals surface area contributed by atoms with Gasteiger partial charge in [0.25, 0.3) is 0 Å². The Balaban J connectivity index is 2.39. The first-order valence-corrected chi connectivity index (χ1v) is 5.12. The summed E-state index contributed by atoms with van der Waals surface area (Å²) in [5.74, 6) is 0.292. The Morgan fingerprint density at radius 1 is 1.44 bits per heavy atom. The van der Waals surface area contributed by atoms with Crippen LogP contribution in [0.4, 0.5) is 12.0 Å². The number of hydrogen-bond acceptors (Lipinski definition) is 6. The summed E-state index contributed by atoms with van der Waals surface area (Å²) in [6.45, 7) is 6.39. The van der Waals surface area contributed by atoms with E-state index in [4.69, 9.17) is 10.2 Å². The molecule has 0 aliphatic rings. The van der Waals surface area contributed by atoms with Gasteiger partial charge in [0, 0.05) is 6.54 Å². The van der Waals surface area contributed by atoms with Crippen LogP contribution in [-0.2, 0) is 4.79 Å². The van der Waals surface area contributed by atoms with Crippen LogP contribution in [0.2, 0.25) is 0 Å². The van der Waals surface area contributed by atoms with Gasteiger partial charge in [0.2, 0.25) is 5.91 Å². The van der Waals surface area contributed by atoms with Gasteiger partial charge in [-0.25, -0.2) is 0 Å². The highest BCUT2D eigenvalue weighted by Crippen LogP contribution is 2.07. The van der Waals surface area contributed by atoms with E-state index in [9.17, 15) is 4.79 Å². The molecule has 4 N–H and O–H groups in total. The Bertz CT molecular complexity index is 349. The van der Waals surface area contributed by atoms with Gasteiger partial charge in [0.15, 0.2) is 0 Å². The highest BCUT2D eigenvalue weighted by atomic mass is 16.4. The van der Waals surface area contributed by atoms with Gasteiger partial charge in [-0.3, -0.25) is 4.79 Å². The third-order valence-electron chi connectivity index (χ3n) is 1.86. The number of amides is 1. The van der Waals surface area contributed by atoms with Crippen molar-refractivity contribution in [1.82, 2.24) is 15.5 Å². The van der Waals surface area contributed by atoms with Crippen LogP contribution in [0.1, 0.15) is 20.8 Å².